The van der Waals surface area contributed by atoms with Crippen LogP contribution in [-0.4, -0.2) is 28.5 Å². The lowest BCUT2D eigenvalue weighted by atomic mass is 9.94. The fourth-order valence-electron chi connectivity index (χ4n) is 1.87. The molecule has 14 heavy (non-hydrogen) atoms. The summed E-state index contributed by atoms with van der Waals surface area (Å²) in [5.74, 6) is -0.0531. The highest BCUT2D eigenvalue weighted by molar-refractivity contribution is 9.09. The monoisotopic (exact) mass is 263 g/mol. The van der Waals surface area contributed by atoms with Gasteiger partial charge in [-0.3, -0.25) is 4.79 Å². The molecule has 0 atom stereocenters. The lowest BCUT2D eigenvalue weighted by Gasteiger charge is -2.26. The summed E-state index contributed by atoms with van der Waals surface area (Å²) in [4.78, 5) is 11.0. The highest BCUT2D eigenvalue weighted by Crippen LogP contribution is 2.26. The molecule has 1 saturated carbocycles. The Morgan fingerprint density at radius 2 is 1.86 bits per heavy atom. The van der Waals surface area contributed by atoms with Crippen LogP contribution >= 0.6 is 15.9 Å². The minimum atomic E-state index is -0.658. The average Bonchev–Trinajstić information content (AvgIpc) is 2.40. The van der Waals surface area contributed by atoms with E-state index in [1.807, 2.05) is 0 Å². The van der Waals surface area contributed by atoms with Crippen LogP contribution in [0.2, 0.25) is 0 Å². The van der Waals surface area contributed by atoms with Crippen molar-refractivity contribution in [3.63, 3.8) is 0 Å². The summed E-state index contributed by atoms with van der Waals surface area (Å²) in [5, 5.41) is 13.2. The second-order valence-electron chi connectivity index (χ2n) is 4.05. The van der Waals surface area contributed by atoms with E-state index in [4.69, 9.17) is 0 Å². The molecule has 1 aliphatic carbocycles. The number of carbonyl (C=O) groups is 1. The quantitative estimate of drug-likeness (QED) is 0.600. The highest BCUT2D eigenvalue weighted by Gasteiger charge is 2.27. The number of nitrogens with one attached hydrogen (secondary N) is 1. The molecule has 0 radical (unpaired) electrons. The first-order valence-electron chi connectivity index (χ1n) is 5.21. The van der Waals surface area contributed by atoms with E-state index < -0.39 is 5.60 Å². The molecule has 0 aromatic carbocycles. The van der Waals surface area contributed by atoms with Gasteiger partial charge < -0.3 is 10.4 Å². The smallest absolute Gasteiger partial charge is 0.230 e. The highest BCUT2D eigenvalue weighted by atomic mass is 79.9. The number of hydrogen-bond donors (Lipinski definition) is 2. The molecule has 2 N–H and O–H groups in total. The van der Waals surface area contributed by atoms with Crippen LogP contribution in [0.4, 0.5) is 0 Å². The molecule has 0 bridgehead atoms. The van der Waals surface area contributed by atoms with Gasteiger partial charge in [0.2, 0.25) is 5.91 Å². The third-order valence-electron chi connectivity index (χ3n) is 2.77. The summed E-state index contributed by atoms with van der Waals surface area (Å²) in [5.41, 5.74) is -0.658. The number of carbonyl (C=O) groups excluding carboxylic acids is 1. The molecule has 0 heterocycles. The summed E-state index contributed by atoms with van der Waals surface area (Å²) in [6.07, 6.45) is 6.18. The molecular weight excluding hydrogens is 246 g/mol. The van der Waals surface area contributed by atoms with Crippen LogP contribution in [0.25, 0.3) is 0 Å². The Morgan fingerprint density at radius 1 is 1.29 bits per heavy atom. The zero-order valence-electron chi connectivity index (χ0n) is 8.39. The second kappa shape index (κ2) is 5.71. The molecule has 0 unspecified atom stereocenters. The molecule has 0 aliphatic heterocycles. The van der Waals surface area contributed by atoms with E-state index in [1.165, 1.54) is 12.8 Å². The van der Waals surface area contributed by atoms with Gasteiger partial charge in [-0.05, 0) is 12.8 Å². The summed E-state index contributed by atoms with van der Waals surface area (Å²) >= 11 is 3.08. The molecule has 0 saturated heterocycles. The molecule has 1 rings (SSSR count). The maximum absolute atomic E-state index is 11.0. The molecule has 3 nitrogen and oxygen atoms in total. The van der Waals surface area contributed by atoms with Gasteiger partial charge in [-0.15, -0.1) is 0 Å². The molecule has 0 aromatic heterocycles. The second-order valence-corrected chi connectivity index (χ2v) is 4.61. The Labute approximate surface area is 93.4 Å². The van der Waals surface area contributed by atoms with Crippen molar-refractivity contribution >= 4 is 21.8 Å². The van der Waals surface area contributed by atoms with Crippen molar-refractivity contribution in [1.82, 2.24) is 5.32 Å². The lowest BCUT2D eigenvalue weighted by molar-refractivity contribution is -0.119. The molecule has 1 amide bonds. The maximum atomic E-state index is 11.0. The Bertz CT molecular complexity index is 189. The number of alkyl halides is 1. The normalized spacial score (nSPS) is 21.3. The van der Waals surface area contributed by atoms with Gasteiger partial charge in [-0.1, -0.05) is 41.6 Å². The Balaban J connectivity index is 2.35. The van der Waals surface area contributed by atoms with Crippen molar-refractivity contribution in [2.45, 2.75) is 44.1 Å². The number of amides is 1. The van der Waals surface area contributed by atoms with Crippen LogP contribution < -0.4 is 5.32 Å². The third-order valence-corrected chi connectivity index (χ3v) is 3.28. The molecule has 1 aliphatic rings. The van der Waals surface area contributed by atoms with Crippen molar-refractivity contribution in [3.8, 4) is 0 Å². The van der Waals surface area contributed by atoms with Gasteiger partial charge in [0.25, 0.3) is 0 Å². The predicted octanol–water partition coefficient (Wildman–Crippen LogP) is 1.58. The summed E-state index contributed by atoms with van der Waals surface area (Å²) in [7, 11) is 0. The van der Waals surface area contributed by atoms with Crippen molar-refractivity contribution in [2.24, 2.45) is 0 Å². The standard InChI is InChI=1S/C10H18BrNO2/c11-7-9(13)12-8-10(14)5-3-1-2-4-6-10/h14H,1-8H2,(H,12,13). The van der Waals surface area contributed by atoms with Gasteiger partial charge in [0, 0.05) is 6.54 Å². The van der Waals surface area contributed by atoms with Gasteiger partial charge in [-0.25, -0.2) is 0 Å². The van der Waals surface area contributed by atoms with Gasteiger partial charge in [0.05, 0.1) is 10.9 Å². The fourth-order valence-corrected chi connectivity index (χ4v) is 2.07. The van der Waals surface area contributed by atoms with Crippen molar-refractivity contribution in [1.29, 1.82) is 0 Å². The first-order chi connectivity index (χ1) is 6.66. The number of rotatable bonds is 3. The zero-order chi connectivity index (χ0) is 10.4. The predicted molar refractivity (Wildman–Crippen MR) is 59.5 cm³/mol. The van der Waals surface area contributed by atoms with Crippen LogP contribution in [0.3, 0.4) is 0 Å². The summed E-state index contributed by atoms with van der Waals surface area (Å²) in [6.45, 7) is 0.400. The van der Waals surface area contributed by atoms with Crippen molar-refractivity contribution in [3.05, 3.63) is 0 Å². The molecule has 82 valence electrons. The summed E-state index contributed by atoms with van der Waals surface area (Å²) < 4.78 is 0. The van der Waals surface area contributed by atoms with E-state index in [-0.39, 0.29) is 5.91 Å². The Kier molecular flexibility index (Phi) is 4.89. The van der Waals surface area contributed by atoms with Gasteiger partial charge >= 0.3 is 0 Å². The van der Waals surface area contributed by atoms with E-state index in [0.29, 0.717) is 11.9 Å². The zero-order valence-corrected chi connectivity index (χ0v) is 9.98. The number of halogens is 1. The SMILES string of the molecule is O=C(CBr)NCC1(O)CCCCCC1. The van der Waals surface area contributed by atoms with Crippen LogP contribution in [0.1, 0.15) is 38.5 Å². The first-order valence-corrected chi connectivity index (χ1v) is 6.33. The van der Waals surface area contributed by atoms with E-state index in [1.54, 1.807) is 0 Å². The van der Waals surface area contributed by atoms with E-state index >= 15 is 0 Å². The molecule has 0 aromatic rings. The van der Waals surface area contributed by atoms with E-state index in [0.717, 1.165) is 25.7 Å². The fraction of sp³-hybridized carbons (Fsp3) is 0.900. The van der Waals surface area contributed by atoms with Gasteiger partial charge in [0.1, 0.15) is 0 Å². The van der Waals surface area contributed by atoms with Gasteiger partial charge in [-0.2, -0.15) is 0 Å². The molecule has 4 heteroatoms. The number of aliphatic hydroxyl groups is 1. The van der Waals surface area contributed by atoms with Crippen LogP contribution in [0, 0.1) is 0 Å². The van der Waals surface area contributed by atoms with E-state index in [9.17, 15) is 9.90 Å². The van der Waals surface area contributed by atoms with Gasteiger partial charge in [0.15, 0.2) is 0 Å². The van der Waals surface area contributed by atoms with Crippen LogP contribution in [-0.2, 0) is 4.79 Å². The minimum Gasteiger partial charge on any atom is -0.388 e. The third kappa shape index (κ3) is 3.96. The average molecular weight is 264 g/mol. The Hall–Kier alpha value is -0.0900. The van der Waals surface area contributed by atoms with Crippen LogP contribution in [0.15, 0.2) is 0 Å². The van der Waals surface area contributed by atoms with Crippen molar-refractivity contribution < 1.29 is 9.90 Å². The van der Waals surface area contributed by atoms with E-state index in [2.05, 4.69) is 21.2 Å². The first kappa shape index (κ1) is 12.0. The van der Waals surface area contributed by atoms with Crippen molar-refractivity contribution in [2.75, 3.05) is 11.9 Å². The minimum absolute atomic E-state index is 0.0531. The van der Waals surface area contributed by atoms with Crippen LogP contribution in [0.5, 0.6) is 0 Å². The lowest BCUT2D eigenvalue weighted by Crippen LogP contribution is -2.42. The largest absolute Gasteiger partial charge is 0.388 e. The Morgan fingerprint density at radius 3 is 2.36 bits per heavy atom. The summed E-state index contributed by atoms with van der Waals surface area (Å²) in [6, 6.07) is 0. The molecule has 0 spiro atoms. The molecular formula is C10H18BrNO2. The number of hydrogen-bond acceptors (Lipinski definition) is 2. The maximum Gasteiger partial charge on any atom is 0.230 e. The topological polar surface area (TPSA) is 49.3 Å². The molecule has 1 fully saturated rings.